The number of aromatic nitrogens is 1. The molecular weight excluding hydrogens is 342 g/mol. The van der Waals surface area contributed by atoms with E-state index in [1.54, 1.807) is 30.3 Å². The normalized spacial score (nSPS) is 8.85. The van der Waals surface area contributed by atoms with E-state index < -0.39 is 0 Å². The first-order valence-corrected chi connectivity index (χ1v) is 8.79. The topological polar surface area (TPSA) is 91.3 Å². The van der Waals surface area contributed by atoms with Crippen LogP contribution in [0.25, 0.3) is 0 Å². The highest BCUT2D eigenvalue weighted by molar-refractivity contribution is 5.76. The van der Waals surface area contributed by atoms with Crippen molar-refractivity contribution >= 4 is 12.6 Å². The molecule has 0 atom stereocenters. The lowest BCUT2D eigenvalue weighted by Gasteiger charge is -1.95. The van der Waals surface area contributed by atoms with Crippen molar-refractivity contribution in [1.29, 1.82) is 0 Å². The van der Waals surface area contributed by atoms with E-state index >= 15 is 0 Å². The summed E-state index contributed by atoms with van der Waals surface area (Å²) in [7, 11) is 5.70. The number of aryl methyl sites for hydroxylation is 1. The third-order valence-corrected chi connectivity index (χ3v) is 2.96. The second kappa shape index (κ2) is 18.2. The molecule has 0 saturated heterocycles. The molecule has 1 heterocycles. The highest BCUT2D eigenvalue weighted by Gasteiger charge is 1.92. The maximum atomic E-state index is 10.1. The van der Waals surface area contributed by atoms with E-state index in [-0.39, 0.29) is 11.4 Å². The Kier molecular flexibility index (Phi) is 18.0. The predicted molar refractivity (Wildman–Crippen MR) is 112 cm³/mol. The molecule has 0 fully saturated rings. The van der Waals surface area contributed by atoms with Gasteiger partial charge in [0.25, 0.3) is 0 Å². The van der Waals surface area contributed by atoms with Gasteiger partial charge in [0.2, 0.25) is 0 Å². The Morgan fingerprint density at radius 2 is 1.37 bits per heavy atom. The molecule has 3 N–H and O–H groups in total. The van der Waals surface area contributed by atoms with Gasteiger partial charge in [0.15, 0.2) is 12.6 Å². The van der Waals surface area contributed by atoms with E-state index in [4.69, 9.17) is 5.11 Å². The summed E-state index contributed by atoms with van der Waals surface area (Å²) in [4.78, 5) is 23.9. The number of aromatic hydroxyl groups is 1. The smallest absolute Gasteiger partial charge is 0.168 e. The van der Waals surface area contributed by atoms with Crippen LogP contribution in [0.5, 0.6) is 5.75 Å². The molecule has 0 radical (unpaired) electrons. The Bertz CT molecular complexity index is 591. The maximum absolute atomic E-state index is 10.1. The van der Waals surface area contributed by atoms with Crippen LogP contribution in [0.3, 0.4) is 0 Å². The molecule has 150 valence electrons. The van der Waals surface area contributed by atoms with Crippen LogP contribution in [-0.4, -0.2) is 49.8 Å². The van der Waals surface area contributed by atoms with Gasteiger partial charge in [-0.05, 0) is 57.4 Å². The third kappa shape index (κ3) is 16.6. The Morgan fingerprint density at radius 3 is 1.67 bits per heavy atom. The molecular formula is C21H33N3O3. The number of hydrogen-bond acceptors (Lipinski definition) is 6. The minimum Gasteiger partial charge on any atom is -0.508 e. The number of benzene rings is 1. The van der Waals surface area contributed by atoms with Crippen LogP contribution in [0.2, 0.25) is 0 Å². The standard InChI is InChI=1S/C8H10O.C7H5NO2.C4H11N.C2H7N/c1-2-7-3-5-8(9)6-4-7;9-4-6-2-1-3-7(5-10)8-6;1-4(2)5-3;1-3-2/h3-6,9H,2H2,1H3;1-5H;4-5H,1-3H3;3H,1-2H3. The molecule has 0 saturated carbocycles. The summed E-state index contributed by atoms with van der Waals surface area (Å²) in [6, 6.07) is 12.6. The number of carbonyl (C=O) groups is 2. The third-order valence-electron chi connectivity index (χ3n) is 2.96. The van der Waals surface area contributed by atoms with Crippen LogP contribution < -0.4 is 10.6 Å². The summed E-state index contributed by atoms with van der Waals surface area (Å²) in [5.74, 6) is 0.340. The Balaban J connectivity index is 0. The Hall–Kier alpha value is -2.57. The molecule has 0 aliphatic rings. The fourth-order valence-corrected chi connectivity index (χ4v) is 1.33. The van der Waals surface area contributed by atoms with Crippen molar-refractivity contribution in [3.05, 3.63) is 59.4 Å². The van der Waals surface area contributed by atoms with Gasteiger partial charge in [-0.2, -0.15) is 0 Å². The first-order chi connectivity index (χ1) is 12.9. The van der Waals surface area contributed by atoms with Crippen LogP contribution in [0, 0.1) is 0 Å². The number of phenolic OH excluding ortho intramolecular Hbond substituents is 1. The highest BCUT2D eigenvalue weighted by atomic mass is 16.3. The van der Waals surface area contributed by atoms with Crippen molar-refractivity contribution in [2.24, 2.45) is 0 Å². The number of phenols is 1. The van der Waals surface area contributed by atoms with Crippen LogP contribution in [0.4, 0.5) is 0 Å². The van der Waals surface area contributed by atoms with Crippen molar-refractivity contribution in [2.45, 2.75) is 33.2 Å². The SMILES string of the molecule is CCc1ccc(O)cc1.CNC.CNC(C)C.O=Cc1cccc(C=O)n1. The average molecular weight is 376 g/mol. The van der Waals surface area contributed by atoms with E-state index in [1.165, 1.54) is 5.56 Å². The summed E-state index contributed by atoms with van der Waals surface area (Å²) >= 11 is 0. The second-order valence-corrected chi connectivity index (χ2v) is 5.69. The first kappa shape index (κ1) is 26.7. The summed E-state index contributed by atoms with van der Waals surface area (Å²) in [5.41, 5.74) is 1.82. The van der Waals surface area contributed by atoms with Gasteiger partial charge in [-0.15, -0.1) is 0 Å². The van der Waals surface area contributed by atoms with Crippen molar-refractivity contribution in [1.82, 2.24) is 15.6 Å². The zero-order chi connectivity index (χ0) is 21.1. The lowest BCUT2D eigenvalue weighted by atomic mass is 10.2. The summed E-state index contributed by atoms with van der Waals surface area (Å²) in [6.07, 6.45) is 2.24. The van der Waals surface area contributed by atoms with Crippen LogP contribution in [0.15, 0.2) is 42.5 Å². The minimum atomic E-state index is 0.282. The molecule has 0 bridgehead atoms. The summed E-state index contributed by atoms with van der Waals surface area (Å²) in [6.45, 7) is 6.31. The van der Waals surface area contributed by atoms with Crippen LogP contribution in [0.1, 0.15) is 47.3 Å². The number of rotatable bonds is 4. The van der Waals surface area contributed by atoms with Crippen molar-refractivity contribution in [3.63, 3.8) is 0 Å². The number of hydrogen-bond donors (Lipinski definition) is 3. The molecule has 1 aromatic carbocycles. The van der Waals surface area contributed by atoms with Gasteiger partial charge in [-0.1, -0.05) is 39.0 Å². The van der Waals surface area contributed by atoms with E-state index in [1.807, 2.05) is 33.3 Å². The minimum absolute atomic E-state index is 0.282. The van der Waals surface area contributed by atoms with E-state index in [2.05, 4.69) is 36.4 Å². The molecule has 6 nitrogen and oxygen atoms in total. The number of aldehydes is 2. The van der Waals surface area contributed by atoms with Crippen molar-refractivity contribution in [2.75, 3.05) is 21.1 Å². The second-order valence-electron chi connectivity index (χ2n) is 5.69. The Morgan fingerprint density at radius 1 is 0.963 bits per heavy atom. The zero-order valence-electron chi connectivity index (χ0n) is 17.2. The average Bonchev–Trinajstić information content (AvgIpc) is 2.70. The molecule has 27 heavy (non-hydrogen) atoms. The lowest BCUT2D eigenvalue weighted by Crippen LogP contribution is -2.15. The van der Waals surface area contributed by atoms with Gasteiger partial charge in [-0.3, -0.25) is 9.59 Å². The van der Waals surface area contributed by atoms with Gasteiger partial charge in [0.05, 0.1) is 0 Å². The maximum Gasteiger partial charge on any atom is 0.168 e. The van der Waals surface area contributed by atoms with Crippen LogP contribution in [-0.2, 0) is 6.42 Å². The monoisotopic (exact) mass is 375 g/mol. The molecule has 2 rings (SSSR count). The highest BCUT2D eigenvalue weighted by Crippen LogP contribution is 2.09. The molecule has 0 spiro atoms. The van der Waals surface area contributed by atoms with Gasteiger partial charge < -0.3 is 15.7 Å². The van der Waals surface area contributed by atoms with Crippen molar-refractivity contribution < 1.29 is 14.7 Å². The van der Waals surface area contributed by atoms with E-state index in [9.17, 15) is 9.59 Å². The summed E-state index contributed by atoms with van der Waals surface area (Å²) in [5, 5.41) is 14.6. The largest absolute Gasteiger partial charge is 0.508 e. The molecule has 2 aromatic rings. The quantitative estimate of drug-likeness (QED) is 0.711. The van der Waals surface area contributed by atoms with E-state index in [0.29, 0.717) is 24.4 Å². The van der Waals surface area contributed by atoms with Gasteiger partial charge in [-0.25, -0.2) is 4.98 Å². The number of carbonyl (C=O) groups excluding carboxylic acids is 2. The number of nitrogens with zero attached hydrogens (tertiary/aromatic N) is 1. The number of nitrogens with one attached hydrogen (secondary N) is 2. The first-order valence-electron chi connectivity index (χ1n) is 8.79. The zero-order valence-corrected chi connectivity index (χ0v) is 17.2. The molecule has 0 aliphatic carbocycles. The fraction of sp³-hybridized carbons (Fsp3) is 0.381. The van der Waals surface area contributed by atoms with Crippen LogP contribution >= 0.6 is 0 Å². The van der Waals surface area contributed by atoms with Gasteiger partial charge in [0, 0.05) is 6.04 Å². The Labute approximate surface area is 163 Å². The molecule has 0 aliphatic heterocycles. The van der Waals surface area contributed by atoms with Gasteiger partial charge in [0.1, 0.15) is 17.1 Å². The van der Waals surface area contributed by atoms with Gasteiger partial charge >= 0.3 is 0 Å². The lowest BCUT2D eigenvalue weighted by molar-refractivity contribution is 0.111. The number of pyridine rings is 1. The van der Waals surface area contributed by atoms with Crippen molar-refractivity contribution in [3.8, 4) is 5.75 Å². The molecule has 1 aromatic heterocycles. The van der Waals surface area contributed by atoms with E-state index in [0.717, 1.165) is 6.42 Å². The fourth-order valence-electron chi connectivity index (χ4n) is 1.33. The molecule has 0 unspecified atom stereocenters. The molecule has 6 heteroatoms. The summed E-state index contributed by atoms with van der Waals surface area (Å²) < 4.78 is 0. The molecule has 0 amide bonds. The predicted octanol–water partition coefficient (Wildman–Crippen LogP) is 3.11.